The molecule has 0 aromatic heterocycles. The smallest absolute Gasteiger partial charge is 0.549 e. The summed E-state index contributed by atoms with van der Waals surface area (Å²) in [6.07, 6.45) is 15.3. The van der Waals surface area contributed by atoms with E-state index in [1.54, 1.807) is 0 Å². The van der Waals surface area contributed by atoms with E-state index in [-0.39, 0.29) is 54.7 Å². The molecule has 0 rings (SSSR count). The van der Waals surface area contributed by atoms with Crippen molar-refractivity contribution in [2.24, 2.45) is 0 Å². The predicted molar refractivity (Wildman–Crippen MR) is 130 cm³/mol. The van der Waals surface area contributed by atoms with Crippen LogP contribution >= 0.6 is 0 Å². The van der Waals surface area contributed by atoms with Crippen molar-refractivity contribution < 1.29 is 71.9 Å². The predicted octanol–water partition coefficient (Wildman–Crippen LogP) is -0.945. The van der Waals surface area contributed by atoms with Crippen molar-refractivity contribution in [1.29, 1.82) is 0 Å². The third-order valence-electron chi connectivity index (χ3n) is 5.40. The van der Waals surface area contributed by atoms with Crippen molar-refractivity contribution >= 4 is 28.0 Å². The molecule has 0 aromatic rings. The van der Waals surface area contributed by atoms with E-state index in [1.807, 2.05) is 0 Å². The second-order valence-electron chi connectivity index (χ2n) is 8.61. The number of carboxylic acids is 1. The number of aliphatic hydroxyl groups is 1. The summed E-state index contributed by atoms with van der Waals surface area (Å²) < 4.78 is 35.2. The number of hydrogen-bond acceptors (Lipinski definition) is 8. The van der Waals surface area contributed by atoms with Crippen LogP contribution in [0.2, 0.25) is 0 Å². The van der Waals surface area contributed by atoms with Crippen LogP contribution in [-0.4, -0.2) is 60.4 Å². The third kappa shape index (κ3) is 22.2. The van der Waals surface area contributed by atoms with Gasteiger partial charge in [-0.15, -0.1) is 0 Å². The maximum atomic E-state index is 11.8. The number of rotatable bonds is 22. The van der Waals surface area contributed by atoms with Gasteiger partial charge in [0.2, 0.25) is 5.91 Å². The number of aliphatic carboxylic acids is 1. The number of hydrogen-bond donors (Lipinski definition) is 3. The molecule has 10 nitrogen and oxygen atoms in total. The molecule has 0 aromatic carbocycles. The Morgan fingerprint density at radius 1 is 1.00 bits per heavy atom. The molecule has 1 amide bonds. The normalized spacial score (nSPS) is 13.1. The molecule has 12 heteroatoms. The van der Waals surface area contributed by atoms with Crippen LogP contribution in [0, 0.1) is 0 Å². The number of allylic oxidation sites excluding steroid dienone is 1. The molecule has 3 N–H and O–H groups in total. The van der Waals surface area contributed by atoms with Gasteiger partial charge in [-0.2, -0.15) is 8.42 Å². The number of carbonyl (C=O) groups excluding carboxylic acids is 3. The zero-order valence-corrected chi connectivity index (χ0v) is 24.6. The molecule has 0 spiro atoms. The zero-order valence-electron chi connectivity index (χ0n) is 21.8. The molecule has 0 radical (unpaired) electrons. The summed E-state index contributed by atoms with van der Waals surface area (Å²) in [7, 11) is -4.98. The van der Waals surface area contributed by atoms with Gasteiger partial charge in [-0.1, -0.05) is 64.0 Å². The van der Waals surface area contributed by atoms with Gasteiger partial charge < -0.3 is 25.1 Å². The van der Waals surface area contributed by atoms with Crippen LogP contribution in [-0.2, 0) is 29.2 Å². The average Bonchev–Trinajstić information content (AvgIpc) is 2.78. The Morgan fingerprint density at radius 3 is 2.28 bits per heavy atom. The molecule has 2 atom stereocenters. The van der Waals surface area contributed by atoms with E-state index < -0.39 is 33.7 Å². The molecule has 0 fully saturated rings. The molecule has 36 heavy (non-hydrogen) atoms. The Hall–Kier alpha value is -0.980. The fourth-order valence-electron chi connectivity index (χ4n) is 3.34. The summed E-state index contributed by atoms with van der Waals surface area (Å²) >= 11 is 0. The van der Waals surface area contributed by atoms with Gasteiger partial charge in [0, 0.05) is 6.42 Å². The van der Waals surface area contributed by atoms with Crippen molar-refractivity contribution in [3.05, 3.63) is 12.2 Å². The second kappa shape index (κ2) is 23.2. The first-order valence-electron chi connectivity index (χ1n) is 12.5. The van der Waals surface area contributed by atoms with Crippen LogP contribution in [0.4, 0.5) is 0 Å². The van der Waals surface area contributed by atoms with Crippen LogP contribution < -0.4 is 40.0 Å². The maximum Gasteiger partial charge on any atom is 1.00 e. The quantitative estimate of drug-likeness (QED) is 0.0512. The largest absolute Gasteiger partial charge is 1.00 e. The first-order chi connectivity index (χ1) is 16.6. The summed E-state index contributed by atoms with van der Waals surface area (Å²) in [6.45, 7) is 1.93. The monoisotopic (exact) mass is 543 g/mol. The molecule has 0 saturated carbocycles. The molecule has 0 aliphatic carbocycles. The minimum atomic E-state index is -4.98. The summed E-state index contributed by atoms with van der Waals surface area (Å²) in [5.41, 5.74) is 0. The van der Waals surface area contributed by atoms with Gasteiger partial charge in [0.05, 0.1) is 25.0 Å². The molecule has 0 saturated heterocycles. The number of carboxylic acid groups (broad SMARTS) is 1. The van der Waals surface area contributed by atoms with Crippen LogP contribution in [0.3, 0.4) is 0 Å². The molecular formula is C24H42NNaO9S. The van der Waals surface area contributed by atoms with Gasteiger partial charge in [-0.3, -0.25) is 14.1 Å². The van der Waals surface area contributed by atoms with Crippen molar-refractivity contribution in [3.63, 3.8) is 0 Å². The fourth-order valence-corrected chi connectivity index (χ4v) is 3.93. The van der Waals surface area contributed by atoms with Gasteiger partial charge in [0.25, 0.3) is 10.1 Å². The van der Waals surface area contributed by atoms with E-state index in [1.165, 1.54) is 19.3 Å². The first kappa shape index (κ1) is 37.2. The van der Waals surface area contributed by atoms with E-state index in [2.05, 4.69) is 29.1 Å². The number of nitrogens with one attached hydrogen (secondary N) is 1. The van der Waals surface area contributed by atoms with E-state index in [0.29, 0.717) is 12.8 Å². The van der Waals surface area contributed by atoms with Gasteiger partial charge in [-0.05, 0) is 32.1 Å². The SMILES string of the molecule is CCCCCCC(O)C/C=C/CCCCCCCC(=O)NCCOC(=O)CC(C(=O)[O-])S(=O)(=O)O.[Na+]. The van der Waals surface area contributed by atoms with Crippen molar-refractivity contribution in [3.8, 4) is 0 Å². The molecular weight excluding hydrogens is 501 g/mol. The van der Waals surface area contributed by atoms with Crippen LogP contribution in [0.5, 0.6) is 0 Å². The fraction of sp³-hybridized carbons (Fsp3) is 0.792. The molecule has 0 aliphatic heterocycles. The van der Waals surface area contributed by atoms with Gasteiger partial charge in [0.15, 0.2) is 0 Å². The number of unbranched alkanes of at least 4 members (excludes halogenated alkanes) is 8. The topological polar surface area (TPSA) is 170 Å². The maximum absolute atomic E-state index is 11.8. The molecule has 204 valence electrons. The van der Waals surface area contributed by atoms with Crippen molar-refractivity contribution in [2.45, 2.75) is 108 Å². The Kier molecular flexibility index (Phi) is 23.9. The van der Waals surface area contributed by atoms with Crippen LogP contribution in [0.1, 0.15) is 96.8 Å². The van der Waals surface area contributed by atoms with E-state index in [4.69, 9.17) is 4.55 Å². The minimum Gasteiger partial charge on any atom is -0.549 e. The first-order valence-corrected chi connectivity index (χ1v) is 14.0. The molecule has 2 unspecified atom stereocenters. The molecule has 0 bridgehead atoms. The minimum absolute atomic E-state index is 0. The Morgan fingerprint density at radius 2 is 1.64 bits per heavy atom. The van der Waals surface area contributed by atoms with E-state index in [0.717, 1.165) is 51.4 Å². The number of aliphatic hydroxyl groups excluding tert-OH is 1. The van der Waals surface area contributed by atoms with Crippen LogP contribution in [0.25, 0.3) is 0 Å². The van der Waals surface area contributed by atoms with Crippen molar-refractivity contribution in [2.75, 3.05) is 13.2 Å². The standard InChI is InChI=1S/C24H43NO9S.Na/c1-2-3-4-11-14-20(26)15-12-9-7-5-6-8-10-13-16-22(27)25-17-18-34-23(28)19-21(24(29)30)35(31,32)33;/h9,12,20-21,26H,2-8,10-11,13-19H2,1H3,(H,25,27)(H,29,30)(H,31,32,33);/q;+1/p-1/b12-9+;. The summed E-state index contributed by atoms with van der Waals surface area (Å²) in [5, 5.41) is 20.7. The van der Waals surface area contributed by atoms with Gasteiger partial charge in [0.1, 0.15) is 11.9 Å². The number of amides is 1. The van der Waals surface area contributed by atoms with Crippen molar-refractivity contribution in [1.82, 2.24) is 5.32 Å². The van der Waals surface area contributed by atoms with Gasteiger partial charge >= 0.3 is 35.5 Å². The number of ether oxygens (including phenoxy) is 1. The number of carbonyl (C=O) groups is 3. The average molecular weight is 544 g/mol. The summed E-state index contributed by atoms with van der Waals surface area (Å²) in [6, 6.07) is 0. The second-order valence-corrected chi connectivity index (χ2v) is 10.2. The zero-order chi connectivity index (χ0) is 26.5. The molecule has 0 aliphatic rings. The number of esters is 1. The van der Waals surface area contributed by atoms with E-state index >= 15 is 0 Å². The molecule has 0 heterocycles. The summed E-state index contributed by atoms with van der Waals surface area (Å²) in [5.74, 6) is -3.44. The van der Waals surface area contributed by atoms with E-state index in [9.17, 15) is 33.0 Å². The van der Waals surface area contributed by atoms with Crippen LogP contribution in [0.15, 0.2) is 12.2 Å². The van der Waals surface area contributed by atoms with Gasteiger partial charge in [-0.25, -0.2) is 0 Å². The third-order valence-corrected chi connectivity index (χ3v) is 6.48. The summed E-state index contributed by atoms with van der Waals surface area (Å²) in [4.78, 5) is 33.9. The Balaban J connectivity index is 0. The Labute approximate surface area is 237 Å². The Bertz CT molecular complexity index is 744.